The van der Waals surface area contributed by atoms with Gasteiger partial charge in [-0.3, -0.25) is 4.79 Å². The highest BCUT2D eigenvalue weighted by atomic mass is 35.5. The lowest BCUT2D eigenvalue weighted by Gasteiger charge is -2.56. The van der Waals surface area contributed by atoms with Gasteiger partial charge in [0.05, 0.1) is 15.9 Å². The number of fused-ring (bicyclic) bond motifs is 1. The quantitative estimate of drug-likeness (QED) is 0.687. The van der Waals surface area contributed by atoms with Crippen molar-refractivity contribution in [1.29, 1.82) is 0 Å². The van der Waals surface area contributed by atoms with Crippen LogP contribution >= 0.6 is 11.6 Å². The number of hydrogen-bond donors (Lipinski definition) is 3. The zero-order valence-corrected chi connectivity index (χ0v) is 17.7. The third-order valence-corrected chi connectivity index (χ3v) is 7.95. The van der Waals surface area contributed by atoms with Crippen LogP contribution in [0.3, 0.4) is 0 Å². The first-order valence-electron chi connectivity index (χ1n) is 10.6. The summed E-state index contributed by atoms with van der Waals surface area (Å²) in [6.45, 7) is 3.55. The van der Waals surface area contributed by atoms with Crippen molar-refractivity contribution in [1.82, 2.24) is 4.57 Å². The van der Waals surface area contributed by atoms with E-state index >= 15 is 0 Å². The molecular weight excluding hydrogens is 406 g/mol. The first-order chi connectivity index (χ1) is 14.2. The Morgan fingerprint density at radius 3 is 2.60 bits per heavy atom. The Morgan fingerprint density at radius 1 is 1.33 bits per heavy atom. The molecule has 3 aliphatic rings. The predicted octanol–water partition coefficient (Wildman–Crippen LogP) is 3.35. The number of anilines is 1. The van der Waals surface area contributed by atoms with Crippen molar-refractivity contribution in [3.63, 3.8) is 0 Å². The molecule has 2 heterocycles. The Balaban J connectivity index is 1.71. The molecule has 4 N–H and O–H groups in total. The number of aromatic carboxylic acids is 1. The molecule has 7 nitrogen and oxygen atoms in total. The molecule has 2 aliphatic carbocycles. The molecule has 1 unspecified atom stereocenters. The van der Waals surface area contributed by atoms with Crippen LogP contribution in [0, 0.1) is 11.3 Å². The van der Waals surface area contributed by atoms with Gasteiger partial charge in [0.1, 0.15) is 17.0 Å². The van der Waals surface area contributed by atoms with Gasteiger partial charge in [0.2, 0.25) is 5.43 Å². The number of rotatable bonds is 3. The molecule has 1 aromatic carbocycles. The van der Waals surface area contributed by atoms with Crippen LogP contribution in [0.2, 0.25) is 5.02 Å². The van der Waals surface area contributed by atoms with Crippen molar-refractivity contribution >= 4 is 34.2 Å². The zero-order valence-electron chi connectivity index (χ0n) is 16.9. The molecular formula is C22H26ClN3O4. The summed E-state index contributed by atoms with van der Waals surface area (Å²) >= 11 is 6.85. The van der Waals surface area contributed by atoms with Gasteiger partial charge in [-0.05, 0) is 43.1 Å². The number of nitrogens with zero attached hydrogens (tertiary/aromatic N) is 2. The topological polar surface area (TPSA) is 109 Å². The molecule has 0 radical (unpaired) electrons. The lowest BCUT2D eigenvalue weighted by atomic mass is 9.58. The van der Waals surface area contributed by atoms with Gasteiger partial charge in [0, 0.05) is 31.4 Å². The Bertz CT molecular complexity index is 1120. The van der Waals surface area contributed by atoms with E-state index in [4.69, 9.17) is 17.3 Å². The third-order valence-electron chi connectivity index (χ3n) is 7.59. The van der Waals surface area contributed by atoms with E-state index in [9.17, 15) is 19.8 Å². The number of carboxylic acids is 1. The largest absolute Gasteiger partial charge is 0.506 e. The van der Waals surface area contributed by atoms with E-state index in [1.165, 1.54) is 18.7 Å². The number of hydrogen-bond acceptors (Lipinski definition) is 5. The minimum absolute atomic E-state index is 0.0368. The van der Waals surface area contributed by atoms with Crippen LogP contribution in [-0.2, 0) is 0 Å². The average Bonchev–Trinajstić information content (AvgIpc) is 3.48. The molecule has 1 aromatic heterocycles. The maximum absolute atomic E-state index is 12.8. The van der Waals surface area contributed by atoms with Crippen LogP contribution in [0.4, 0.5) is 5.69 Å². The normalized spacial score (nSPS) is 25.5. The number of piperidine rings is 1. The van der Waals surface area contributed by atoms with Gasteiger partial charge in [0.15, 0.2) is 0 Å². The molecule has 2 saturated carbocycles. The maximum Gasteiger partial charge on any atom is 0.341 e. The highest BCUT2D eigenvalue weighted by Gasteiger charge is 2.49. The van der Waals surface area contributed by atoms with E-state index < -0.39 is 11.4 Å². The maximum atomic E-state index is 12.8. The lowest BCUT2D eigenvalue weighted by Crippen LogP contribution is -2.60. The van der Waals surface area contributed by atoms with Crippen LogP contribution in [0.1, 0.15) is 55.4 Å². The molecule has 0 amide bonds. The molecule has 2 aromatic rings. The van der Waals surface area contributed by atoms with E-state index in [1.807, 2.05) is 0 Å². The fourth-order valence-electron chi connectivity index (χ4n) is 5.41. The lowest BCUT2D eigenvalue weighted by molar-refractivity contribution is 0.0327. The average molecular weight is 432 g/mol. The zero-order chi connectivity index (χ0) is 21.4. The summed E-state index contributed by atoms with van der Waals surface area (Å²) in [5.41, 5.74) is 6.67. The molecule has 2 atom stereocenters. The second-order valence-corrected chi connectivity index (χ2v) is 9.70. The number of pyridine rings is 1. The van der Waals surface area contributed by atoms with Gasteiger partial charge in [-0.25, -0.2) is 4.79 Å². The molecule has 8 heteroatoms. The molecule has 160 valence electrons. The van der Waals surface area contributed by atoms with Crippen molar-refractivity contribution in [3.05, 3.63) is 33.1 Å². The Hall–Kier alpha value is -2.25. The van der Waals surface area contributed by atoms with Crippen molar-refractivity contribution < 1.29 is 15.0 Å². The molecule has 3 fully saturated rings. The number of benzene rings is 1. The number of nitrogens with two attached hydrogens (primary N) is 1. The van der Waals surface area contributed by atoms with E-state index in [0.717, 1.165) is 32.2 Å². The van der Waals surface area contributed by atoms with Crippen LogP contribution in [0.15, 0.2) is 17.1 Å². The standard InChI is InChI=1S/C22H26ClN3O4/c1-11-15(24)9-25(10-22(11)5-2-6-22)19-16(27)7-13-18(17(19)23)26(12-3-4-12)8-14(20(13)28)21(29)30/h7-8,11-12,15,27H,2-6,9-10,24H2,1H3,(H,29,30)/t11-,15?/m1/s1. The summed E-state index contributed by atoms with van der Waals surface area (Å²) in [5, 5.41) is 20.8. The second-order valence-electron chi connectivity index (χ2n) is 9.32. The van der Waals surface area contributed by atoms with Crippen LogP contribution < -0.4 is 16.1 Å². The first-order valence-corrected chi connectivity index (χ1v) is 11.0. The minimum Gasteiger partial charge on any atom is -0.506 e. The molecule has 1 spiro atoms. The first kappa shape index (κ1) is 19.7. The number of phenols is 1. The molecule has 5 rings (SSSR count). The molecule has 30 heavy (non-hydrogen) atoms. The Morgan fingerprint density at radius 2 is 2.03 bits per heavy atom. The van der Waals surface area contributed by atoms with Crippen LogP contribution in [0.25, 0.3) is 10.9 Å². The summed E-state index contributed by atoms with van der Waals surface area (Å²) < 4.78 is 1.80. The number of aromatic hydroxyl groups is 1. The summed E-state index contributed by atoms with van der Waals surface area (Å²) in [7, 11) is 0. The van der Waals surface area contributed by atoms with Crippen LogP contribution in [0.5, 0.6) is 5.75 Å². The number of carboxylic acid groups (broad SMARTS) is 1. The summed E-state index contributed by atoms with van der Waals surface area (Å²) in [6, 6.07) is 1.45. The smallest absolute Gasteiger partial charge is 0.341 e. The number of aromatic nitrogens is 1. The fourth-order valence-corrected chi connectivity index (χ4v) is 5.83. The number of carbonyl (C=O) groups is 1. The van der Waals surface area contributed by atoms with Gasteiger partial charge in [-0.1, -0.05) is 24.9 Å². The van der Waals surface area contributed by atoms with Crippen molar-refractivity contribution in [2.75, 3.05) is 18.0 Å². The van der Waals surface area contributed by atoms with Gasteiger partial charge in [0.25, 0.3) is 0 Å². The minimum atomic E-state index is -1.28. The number of phenolic OH excluding ortho intramolecular Hbond substituents is 1. The fraction of sp³-hybridized carbons (Fsp3) is 0.545. The van der Waals surface area contributed by atoms with Gasteiger partial charge < -0.3 is 25.4 Å². The van der Waals surface area contributed by atoms with Crippen molar-refractivity contribution in [2.45, 2.75) is 51.1 Å². The molecule has 1 saturated heterocycles. The molecule has 0 bridgehead atoms. The van der Waals surface area contributed by atoms with E-state index in [-0.39, 0.29) is 34.2 Å². The van der Waals surface area contributed by atoms with E-state index in [0.29, 0.717) is 28.7 Å². The van der Waals surface area contributed by atoms with E-state index in [1.54, 1.807) is 4.57 Å². The molecule has 1 aliphatic heterocycles. The van der Waals surface area contributed by atoms with Gasteiger partial charge >= 0.3 is 5.97 Å². The summed E-state index contributed by atoms with van der Waals surface area (Å²) in [5.74, 6) is -0.990. The highest BCUT2D eigenvalue weighted by Crippen LogP contribution is 2.53. The van der Waals surface area contributed by atoms with Gasteiger partial charge in [-0.15, -0.1) is 0 Å². The van der Waals surface area contributed by atoms with Crippen LogP contribution in [-0.4, -0.2) is 39.9 Å². The monoisotopic (exact) mass is 431 g/mol. The van der Waals surface area contributed by atoms with E-state index in [2.05, 4.69) is 11.8 Å². The highest BCUT2D eigenvalue weighted by molar-refractivity contribution is 6.38. The summed E-state index contributed by atoms with van der Waals surface area (Å²) in [4.78, 5) is 26.5. The second kappa shape index (κ2) is 6.62. The van der Waals surface area contributed by atoms with Gasteiger partial charge in [-0.2, -0.15) is 0 Å². The number of halogens is 1. The SMILES string of the molecule is C[C@@H]1C(N)CN(c2c(O)cc3c(=O)c(C(=O)O)cn(C4CC4)c3c2Cl)CC12CCC2. The predicted molar refractivity (Wildman–Crippen MR) is 116 cm³/mol. The van der Waals surface area contributed by atoms with Crippen molar-refractivity contribution in [2.24, 2.45) is 17.1 Å². The Kier molecular flexibility index (Phi) is 4.35. The summed E-state index contributed by atoms with van der Waals surface area (Å²) in [6.07, 6.45) is 6.60. The third kappa shape index (κ3) is 2.75. The van der Waals surface area contributed by atoms with Crippen molar-refractivity contribution in [3.8, 4) is 5.75 Å². The Labute approximate surface area is 179 Å².